The van der Waals surface area contributed by atoms with Crippen molar-refractivity contribution in [1.29, 1.82) is 0 Å². The predicted octanol–water partition coefficient (Wildman–Crippen LogP) is 3.23. The highest BCUT2D eigenvalue weighted by Crippen LogP contribution is 2.28. The molecule has 1 aliphatic rings. The van der Waals surface area contributed by atoms with Gasteiger partial charge in [-0.05, 0) is 43.5 Å². The van der Waals surface area contributed by atoms with Crippen LogP contribution in [-0.4, -0.2) is 21.1 Å². The Labute approximate surface area is 135 Å². The summed E-state index contributed by atoms with van der Waals surface area (Å²) in [6.45, 7) is 1.79. The summed E-state index contributed by atoms with van der Waals surface area (Å²) >= 11 is 0. The van der Waals surface area contributed by atoms with Gasteiger partial charge in [-0.15, -0.1) is 0 Å². The second-order valence-electron chi connectivity index (χ2n) is 5.58. The number of aryl methyl sites for hydroxylation is 2. The Balaban J connectivity index is 1.66. The molecule has 0 saturated heterocycles. The van der Waals surface area contributed by atoms with Gasteiger partial charge in [0.15, 0.2) is 0 Å². The Kier molecular flexibility index (Phi) is 4.37. The third-order valence-electron chi connectivity index (χ3n) is 3.78. The quantitative estimate of drug-likeness (QED) is 0.805. The molecule has 0 N–H and O–H groups in total. The fraction of sp³-hybridized carbons (Fsp3) is 0.294. The normalized spacial score (nSPS) is 17.4. The van der Waals surface area contributed by atoms with Gasteiger partial charge in [-0.2, -0.15) is 8.42 Å². The van der Waals surface area contributed by atoms with Crippen LogP contribution < -0.4 is 4.74 Å². The van der Waals surface area contributed by atoms with Gasteiger partial charge in [-0.25, -0.2) is 4.39 Å². The summed E-state index contributed by atoms with van der Waals surface area (Å²) in [5, 5.41) is 0. The van der Waals surface area contributed by atoms with E-state index in [0.717, 1.165) is 11.1 Å². The number of ether oxygens (including phenoxy) is 1. The van der Waals surface area contributed by atoms with Gasteiger partial charge < -0.3 is 4.74 Å². The summed E-state index contributed by atoms with van der Waals surface area (Å²) in [4.78, 5) is 0.116. The van der Waals surface area contributed by atoms with Gasteiger partial charge in [0.25, 0.3) is 10.1 Å². The molecule has 1 unspecified atom stereocenters. The number of halogens is 1. The molecular formula is C17H17FO4S. The zero-order chi connectivity index (χ0) is 16.4. The summed E-state index contributed by atoms with van der Waals surface area (Å²) in [7, 11) is -3.82. The van der Waals surface area contributed by atoms with Gasteiger partial charge in [0, 0.05) is 6.07 Å². The van der Waals surface area contributed by atoms with Gasteiger partial charge >= 0.3 is 0 Å². The van der Waals surface area contributed by atoms with Crippen molar-refractivity contribution in [2.24, 2.45) is 0 Å². The summed E-state index contributed by atoms with van der Waals surface area (Å²) in [6, 6.07) is 10.8. The Morgan fingerprint density at radius 3 is 2.70 bits per heavy atom. The van der Waals surface area contributed by atoms with E-state index >= 15 is 0 Å². The first-order chi connectivity index (χ1) is 10.9. The maximum atomic E-state index is 13.2. The Hall–Kier alpha value is -1.92. The van der Waals surface area contributed by atoms with Crippen molar-refractivity contribution >= 4 is 10.1 Å². The first-order valence-corrected chi connectivity index (χ1v) is 8.76. The Morgan fingerprint density at radius 1 is 1.22 bits per heavy atom. The van der Waals surface area contributed by atoms with Crippen LogP contribution in [0, 0.1) is 12.7 Å². The molecule has 0 amide bonds. The second kappa shape index (κ2) is 6.29. The molecule has 0 aromatic heterocycles. The zero-order valence-electron chi connectivity index (χ0n) is 12.7. The van der Waals surface area contributed by atoms with Crippen molar-refractivity contribution in [2.75, 3.05) is 6.61 Å². The average Bonchev–Trinajstić information content (AvgIpc) is 2.53. The van der Waals surface area contributed by atoms with E-state index in [2.05, 4.69) is 0 Å². The van der Waals surface area contributed by atoms with Crippen LogP contribution in [-0.2, 0) is 20.7 Å². The zero-order valence-corrected chi connectivity index (χ0v) is 13.5. The van der Waals surface area contributed by atoms with E-state index in [9.17, 15) is 12.8 Å². The molecule has 6 heteroatoms. The van der Waals surface area contributed by atoms with E-state index in [4.69, 9.17) is 8.92 Å². The van der Waals surface area contributed by atoms with E-state index < -0.39 is 16.2 Å². The van der Waals surface area contributed by atoms with Crippen LogP contribution in [0.4, 0.5) is 4.39 Å². The van der Waals surface area contributed by atoms with E-state index in [1.54, 1.807) is 18.2 Å². The number of benzene rings is 2. The number of fused-ring (bicyclic) bond motifs is 1. The predicted molar refractivity (Wildman–Crippen MR) is 83.5 cm³/mol. The van der Waals surface area contributed by atoms with Crippen molar-refractivity contribution in [2.45, 2.75) is 30.8 Å². The van der Waals surface area contributed by atoms with Crippen molar-refractivity contribution in [1.82, 2.24) is 0 Å². The third kappa shape index (κ3) is 3.71. The third-order valence-corrected chi connectivity index (χ3v) is 5.07. The van der Waals surface area contributed by atoms with Gasteiger partial charge in [0.2, 0.25) is 0 Å². The molecule has 23 heavy (non-hydrogen) atoms. The first-order valence-electron chi connectivity index (χ1n) is 7.35. The second-order valence-corrected chi connectivity index (χ2v) is 7.20. The highest BCUT2D eigenvalue weighted by molar-refractivity contribution is 7.86. The van der Waals surface area contributed by atoms with Crippen LogP contribution in [0.25, 0.3) is 0 Å². The molecule has 1 atom stereocenters. The van der Waals surface area contributed by atoms with E-state index in [0.29, 0.717) is 18.6 Å². The fourth-order valence-corrected chi connectivity index (χ4v) is 3.39. The molecular weight excluding hydrogens is 319 g/mol. The minimum absolute atomic E-state index is 0.0911. The van der Waals surface area contributed by atoms with Gasteiger partial charge in [-0.1, -0.05) is 23.8 Å². The lowest BCUT2D eigenvalue weighted by Gasteiger charge is -2.25. The molecule has 0 bridgehead atoms. The van der Waals surface area contributed by atoms with Crippen molar-refractivity contribution in [3.05, 3.63) is 59.4 Å². The number of hydrogen-bond acceptors (Lipinski definition) is 4. The van der Waals surface area contributed by atoms with Crippen LogP contribution in [0.5, 0.6) is 5.75 Å². The molecule has 0 fully saturated rings. The molecule has 0 radical (unpaired) electrons. The summed E-state index contributed by atoms with van der Waals surface area (Å²) in [6.07, 6.45) is 0.917. The van der Waals surface area contributed by atoms with Crippen molar-refractivity contribution in [3.8, 4) is 5.75 Å². The lowest BCUT2D eigenvalue weighted by Crippen LogP contribution is -2.29. The van der Waals surface area contributed by atoms with Crippen LogP contribution in [0.15, 0.2) is 47.4 Å². The van der Waals surface area contributed by atoms with Crippen molar-refractivity contribution < 1.29 is 21.7 Å². The highest BCUT2D eigenvalue weighted by Gasteiger charge is 2.24. The maximum Gasteiger partial charge on any atom is 0.297 e. The van der Waals surface area contributed by atoms with E-state index in [1.807, 2.05) is 6.92 Å². The average molecular weight is 336 g/mol. The van der Waals surface area contributed by atoms with Gasteiger partial charge in [0.1, 0.15) is 24.3 Å². The maximum absolute atomic E-state index is 13.2. The Bertz CT molecular complexity index is 800. The molecule has 3 rings (SSSR count). The Morgan fingerprint density at radius 2 is 1.96 bits per heavy atom. The monoisotopic (exact) mass is 336 g/mol. The van der Waals surface area contributed by atoms with Gasteiger partial charge in [0.05, 0.1) is 4.90 Å². The standard InChI is InChI=1S/C17H17FO4S/c1-12-2-8-16(9-3-12)23(19,20)21-11-15-7-5-13-4-6-14(18)10-17(13)22-15/h2-4,6,8-10,15H,5,7,11H2,1H3. The largest absolute Gasteiger partial charge is 0.488 e. The fourth-order valence-electron chi connectivity index (χ4n) is 2.46. The molecule has 0 aliphatic carbocycles. The summed E-state index contributed by atoms with van der Waals surface area (Å²) < 4.78 is 48.3. The summed E-state index contributed by atoms with van der Waals surface area (Å²) in [5.74, 6) is 0.0789. The molecule has 1 heterocycles. The van der Waals surface area contributed by atoms with E-state index in [-0.39, 0.29) is 17.3 Å². The lowest BCUT2D eigenvalue weighted by molar-refractivity contribution is 0.112. The lowest BCUT2D eigenvalue weighted by atomic mass is 10.0. The minimum atomic E-state index is -3.82. The van der Waals surface area contributed by atoms with Crippen molar-refractivity contribution in [3.63, 3.8) is 0 Å². The first kappa shape index (κ1) is 16.0. The molecule has 4 nitrogen and oxygen atoms in total. The topological polar surface area (TPSA) is 52.6 Å². The molecule has 122 valence electrons. The van der Waals surface area contributed by atoms with Gasteiger partial charge in [-0.3, -0.25) is 4.18 Å². The van der Waals surface area contributed by atoms with Crippen LogP contribution in [0.1, 0.15) is 17.5 Å². The molecule has 0 saturated carbocycles. The number of hydrogen-bond donors (Lipinski definition) is 0. The molecule has 2 aromatic rings. The minimum Gasteiger partial charge on any atom is -0.488 e. The number of rotatable bonds is 4. The van der Waals surface area contributed by atoms with E-state index in [1.165, 1.54) is 24.3 Å². The molecule has 0 spiro atoms. The van der Waals surface area contributed by atoms with Crippen LogP contribution in [0.2, 0.25) is 0 Å². The molecule has 2 aromatic carbocycles. The smallest absolute Gasteiger partial charge is 0.297 e. The van der Waals surface area contributed by atoms with Crippen LogP contribution >= 0.6 is 0 Å². The summed E-state index contributed by atoms with van der Waals surface area (Å²) in [5.41, 5.74) is 1.89. The van der Waals surface area contributed by atoms with Crippen LogP contribution in [0.3, 0.4) is 0 Å². The molecule has 1 aliphatic heterocycles. The SMILES string of the molecule is Cc1ccc(S(=O)(=O)OCC2CCc3ccc(F)cc3O2)cc1. The highest BCUT2D eigenvalue weighted by atomic mass is 32.2.